The van der Waals surface area contributed by atoms with E-state index in [2.05, 4.69) is 4.36 Å². The Hall–Kier alpha value is -2.43. The van der Waals surface area contributed by atoms with Crippen LogP contribution in [0.15, 0.2) is 100 Å². The highest BCUT2D eigenvalue weighted by molar-refractivity contribution is 7.93. The lowest BCUT2D eigenvalue weighted by Gasteiger charge is -2.30. The number of hydrogen-bond donors (Lipinski definition) is 1. The van der Waals surface area contributed by atoms with E-state index in [1.807, 2.05) is 91.0 Å². The molecule has 4 heteroatoms. The molecule has 0 fully saturated rings. The molecule has 27 heavy (non-hydrogen) atoms. The SMILES string of the molecule is CN=S(=O)(CC(O)(Cc1ccccc1)Cc1ccccc1)c1ccccc1. The molecule has 0 radical (unpaired) electrons. The molecule has 0 spiro atoms. The van der Waals surface area contributed by atoms with Crippen LogP contribution < -0.4 is 0 Å². The quantitative estimate of drug-likeness (QED) is 0.663. The van der Waals surface area contributed by atoms with Crippen LogP contribution in [0.2, 0.25) is 0 Å². The Morgan fingerprint density at radius 2 is 1.19 bits per heavy atom. The van der Waals surface area contributed by atoms with Gasteiger partial charge < -0.3 is 5.11 Å². The van der Waals surface area contributed by atoms with Crippen LogP contribution in [-0.4, -0.2) is 27.7 Å². The van der Waals surface area contributed by atoms with Crippen LogP contribution in [-0.2, 0) is 22.6 Å². The average molecular weight is 380 g/mol. The second-order valence-electron chi connectivity index (χ2n) is 6.83. The van der Waals surface area contributed by atoms with Gasteiger partial charge in [-0.25, -0.2) is 8.57 Å². The zero-order valence-electron chi connectivity index (χ0n) is 15.5. The van der Waals surface area contributed by atoms with Gasteiger partial charge in [-0.15, -0.1) is 0 Å². The van der Waals surface area contributed by atoms with Crippen LogP contribution in [0.4, 0.5) is 0 Å². The van der Waals surface area contributed by atoms with Crippen LogP contribution in [0.1, 0.15) is 11.1 Å². The fourth-order valence-electron chi connectivity index (χ4n) is 3.37. The Balaban J connectivity index is 1.97. The standard InChI is InChI=1S/C23H25NO2S/c1-24-27(26,22-15-9-4-10-16-22)19-23(25,17-20-11-5-2-6-12-20)18-21-13-7-3-8-14-21/h2-16,25H,17-19H2,1H3. The highest BCUT2D eigenvalue weighted by atomic mass is 32.2. The van der Waals surface area contributed by atoms with E-state index in [0.29, 0.717) is 17.7 Å². The fourth-order valence-corrected chi connectivity index (χ4v) is 5.39. The van der Waals surface area contributed by atoms with E-state index in [1.165, 1.54) is 0 Å². The van der Waals surface area contributed by atoms with Gasteiger partial charge >= 0.3 is 0 Å². The molecule has 1 atom stereocenters. The maximum absolute atomic E-state index is 13.6. The summed E-state index contributed by atoms with van der Waals surface area (Å²) in [6, 6.07) is 28.9. The van der Waals surface area contributed by atoms with Gasteiger partial charge in [0.25, 0.3) is 0 Å². The van der Waals surface area contributed by atoms with E-state index >= 15 is 0 Å². The fraction of sp³-hybridized carbons (Fsp3) is 0.217. The predicted octanol–water partition coefficient (Wildman–Crippen LogP) is 4.36. The summed E-state index contributed by atoms with van der Waals surface area (Å²) in [6.07, 6.45) is 0.837. The predicted molar refractivity (Wildman–Crippen MR) is 111 cm³/mol. The zero-order valence-corrected chi connectivity index (χ0v) is 16.3. The Kier molecular flexibility index (Phi) is 6.09. The van der Waals surface area contributed by atoms with Crippen LogP contribution in [0.25, 0.3) is 0 Å². The number of aliphatic hydroxyl groups is 1. The van der Waals surface area contributed by atoms with Crippen molar-refractivity contribution in [1.29, 1.82) is 0 Å². The summed E-state index contributed by atoms with van der Waals surface area (Å²) >= 11 is 0. The van der Waals surface area contributed by atoms with Crippen molar-refractivity contribution in [2.75, 3.05) is 12.8 Å². The van der Waals surface area contributed by atoms with Gasteiger partial charge in [0.05, 0.1) is 21.1 Å². The van der Waals surface area contributed by atoms with Crippen LogP contribution in [0.5, 0.6) is 0 Å². The Morgan fingerprint density at radius 3 is 1.59 bits per heavy atom. The normalized spacial score (nSPS) is 13.7. The van der Waals surface area contributed by atoms with Gasteiger partial charge in [-0.3, -0.25) is 0 Å². The molecule has 140 valence electrons. The van der Waals surface area contributed by atoms with E-state index in [-0.39, 0.29) is 5.75 Å². The van der Waals surface area contributed by atoms with Crippen molar-refractivity contribution in [1.82, 2.24) is 0 Å². The van der Waals surface area contributed by atoms with Gasteiger partial charge in [-0.1, -0.05) is 78.9 Å². The Morgan fingerprint density at radius 1 is 0.778 bits per heavy atom. The molecule has 0 saturated heterocycles. The summed E-state index contributed by atoms with van der Waals surface area (Å²) in [5, 5.41) is 11.6. The molecular formula is C23H25NO2S. The monoisotopic (exact) mass is 379 g/mol. The van der Waals surface area contributed by atoms with Crippen molar-refractivity contribution in [2.24, 2.45) is 4.36 Å². The summed E-state index contributed by atoms with van der Waals surface area (Å²) in [5.41, 5.74) is 0.860. The third kappa shape index (κ3) is 5.06. The average Bonchev–Trinajstić information content (AvgIpc) is 2.70. The lowest BCUT2D eigenvalue weighted by molar-refractivity contribution is 0.0647. The van der Waals surface area contributed by atoms with Crippen LogP contribution in [0, 0.1) is 0 Å². The lowest BCUT2D eigenvalue weighted by atomic mass is 9.89. The van der Waals surface area contributed by atoms with Gasteiger partial charge in [-0.2, -0.15) is 0 Å². The molecule has 0 bridgehead atoms. The maximum Gasteiger partial charge on any atom is 0.0854 e. The lowest BCUT2D eigenvalue weighted by Crippen LogP contribution is -2.41. The molecule has 0 aromatic heterocycles. The molecule has 0 aliphatic carbocycles. The van der Waals surface area contributed by atoms with Crippen molar-refractivity contribution >= 4 is 9.73 Å². The third-order valence-corrected chi connectivity index (χ3v) is 7.15. The van der Waals surface area contributed by atoms with Gasteiger partial charge in [-0.05, 0) is 23.3 Å². The van der Waals surface area contributed by atoms with Gasteiger partial charge in [0, 0.05) is 24.8 Å². The minimum Gasteiger partial charge on any atom is -0.388 e. The van der Waals surface area contributed by atoms with Gasteiger partial charge in [0.1, 0.15) is 0 Å². The summed E-state index contributed by atoms with van der Waals surface area (Å²) < 4.78 is 17.9. The molecule has 1 unspecified atom stereocenters. The second kappa shape index (κ2) is 8.51. The summed E-state index contributed by atoms with van der Waals surface area (Å²) in [6.45, 7) is 0. The first kappa shape index (κ1) is 19.3. The number of benzene rings is 3. The number of hydrogen-bond acceptors (Lipinski definition) is 3. The first-order chi connectivity index (χ1) is 13.0. The highest BCUT2D eigenvalue weighted by Gasteiger charge is 2.33. The van der Waals surface area contributed by atoms with E-state index in [9.17, 15) is 9.32 Å². The molecular weight excluding hydrogens is 354 g/mol. The molecule has 0 saturated carbocycles. The molecule has 0 aliphatic rings. The summed E-state index contributed by atoms with van der Waals surface area (Å²) in [4.78, 5) is 0.659. The summed E-state index contributed by atoms with van der Waals surface area (Å²) in [5.74, 6) is 0.0876. The molecule has 3 nitrogen and oxygen atoms in total. The van der Waals surface area contributed by atoms with Crippen molar-refractivity contribution in [2.45, 2.75) is 23.3 Å². The molecule has 3 aromatic rings. The van der Waals surface area contributed by atoms with Crippen LogP contribution >= 0.6 is 0 Å². The number of nitrogens with zero attached hydrogens (tertiary/aromatic N) is 1. The van der Waals surface area contributed by atoms with Crippen LogP contribution in [0.3, 0.4) is 0 Å². The molecule has 0 heterocycles. The molecule has 0 amide bonds. The second-order valence-corrected chi connectivity index (χ2v) is 9.24. The Bertz CT molecular complexity index is 922. The smallest absolute Gasteiger partial charge is 0.0854 e. The molecule has 3 aromatic carbocycles. The Labute approximate surface area is 161 Å². The van der Waals surface area contributed by atoms with Crippen molar-refractivity contribution in [3.8, 4) is 0 Å². The van der Waals surface area contributed by atoms with Gasteiger partial charge in [0.2, 0.25) is 0 Å². The third-order valence-electron chi connectivity index (χ3n) is 4.62. The minimum absolute atomic E-state index is 0.0876. The van der Waals surface area contributed by atoms with Crippen molar-refractivity contribution in [3.05, 3.63) is 102 Å². The first-order valence-electron chi connectivity index (χ1n) is 9.01. The largest absolute Gasteiger partial charge is 0.388 e. The molecule has 1 N–H and O–H groups in total. The topological polar surface area (TPSA) is 49.7 Å². The minimum atomic E-state index is -2.73. The first-order valence-corrected chi connectivity index (χ1v) is 10.7. The number of rotatable bonds is 7. The van der Waals surface area contributed by atoms with E-state index in [1.54, 1.807) is 7.05 Å². The summed E-state index contributed by atoms with van der Waals surface area (Å²) in [7, 11) is -1.16. The van der Waals surface area contributed by atoms with E-state index in [0.717, 1.165) is 11.1 Å². The van der Waals surface area contributed by atoms with Crippen molar-refractivity contribution < 1.29 is 9.32 Å². The van der Waals surface area contributed by atoms with E-state index < -0.39 is 15.3 Å². The van der Waals surface area contributed by atoms with Gasteiger partial charge in [0.15, 0.2) is 0 Å². The molecule has 3 rings (SSSR count). The maximum atomic E-state index is 13.6. The highest BCUT2D eigenvalue weighted by Crippen LogP contribution is 2.26. The van der Waals surface area contributed by atoms with E-state index in [4.69, 9.17) is 0 Å². The zero-order chi connectivity index (χ0) is 19.2. The molecule has 0 aliphatic heterocycles. The van der Waals surface area contributed by atoms with Crippen molar-refractivity contribution in [3.63, 3.8) is 0 Å².